The lowest BCUT2D eigenvalue weighted by Crippen LogP contribution is -2.38. The van der Waals surface area contributed by atoms with Crippen molar-refractivity contribution in [2.75, 3.05) is 18.0 Å². The molecule has 5 heteroatoms. The van der Waals surface area contributed by atoms with Crippen LogP contribution in [-0.4, -0.2) is 28.0 Å². The Balaban J connectivity index is 1.91. The van der Waals surface area contributed by atoms with Gasteiger partial charge in [0, 0.05) is 36.8 Å². The van der Waals surface area contributed by atoms with Crippen LogP contribution in [0.3, 0.4) is 0 Å². The molecular formula is C16H26N4S. The molecule has 0 spiro atoms. The minimum atomic E-state index is 0.118. The summed E-state index contributed by atoms with van der Waals surface area (Å²) in [4.78, 5) is 8.48. The fraction of sp³-hybridized carbons (Fsp3) is 0.688. The van der Waals surface area contributed by atoms with Crippen molar-refractivity contribution in [2.45, 2.75) is 52.6 Å². The average Bonchev–Trinajstić information content (AvgIpc) is 2.95. The fourth-order valence-electron chi connectivity index (χ4n) is 2.97. The zero-order chi connectivity index (χ0) is 15.0. The second kappa shape index (κ2) is 5.61. The lowest BCUT2D eigenvalue weighted by atomic mass is 10.0. The first-order valence-electron chi connectivity index (χ1n) is 7.88. The molecule has 0 aromatic carbocycles. The Bertz CT molecular complexity index is 607. The summed E-state index contributed by atoms with van der Waals surface area (Å²) in [5, 5.41) is 5.73. The number of hydrogen-bond acceptors (Lipinski definition) is 4. The summed E-state index contributed by atoms with van der Waals surface area (Å²) in [7, 11) is 0. The molecule has 0 bridgehead atoms. The lowest BCUT2D eigenvalue weighted by molar-refractivity contribution is 0.417. The Morgan fingerprint density at radius 3 is 2.95 bits per heavy atom. The van der Waals surface area contributed by atoms with Crippen molar-refractivity contribution < 1.29 is 0 Å². The minimum absolute atomic E-state index is 0.118. The molecule has 1 unspecified atom stereocenters. The van der Waals surface area contributed by atoms with Crippen LogP contribution in [0.25, 0.3) is 4.96 Å². The molecule has 0 radical (unpaired) electrons. The molecule has 2 aromatic rings. The molecule has 0 aliphatic carbocycles. The smallest absolute Gasteiger partial charge is 0.195 e. The predicted molar refractivity (Wildman–Crippen MR) is 90.3 cm³/mol. The van der Waals surface area contributed by atoms with Crippen molar-refractivity contribution in [3.05, 3.63) is 17.3 Å². The van der Waals surface area contributed by atoms with Gasteiger partial charge in [0.2, 0.25) is 0 Å². The van der Waals surface area contributed by atoms with E-state index in [2.05, 4.69) is 53.9 Å². The van der Waals surface area contributed by atoms with Crippen LogP contribution in [-0.2, 0) is 6.54 Å². The van der Waals surface area contributed by atoms with Gasteiger partial charge in [0.1, 0.15) is 0 Å². The van der Waals surface area contributed by atoms with Crippen LogP contribution in [0.5, 0.6) is 0 Å². The van der Waals surface area contributed by atoms with Gasteiger partial charge in [0.05, 0.1) is 5.69 Å². The number of piperidine rings is 1. The van der Waals surface area contributed by atoms with Crippen molar-refractivity contribution in [1.82, 2.24) is 14.7 Å². The summed E-state index contributed by atoms with van der Waals surface area (Å²) in [6.45, 7) is 12.1. The Kier molecular flexibility index (Phi) is 3.97. The number of fused-ring (bicyclic) bond motifs is 1. The molecular weight excluding hydrogens is 280 g/mol. The Morgan fingerprint density at radius 2 is 2.24 bits per heavy atom. The third-order valence-electron chi connectivity index (χ3n) is 4.08. The molecule has 1 fully saturated rings. The van der Waals surface area contributed by atoms with Crippen molar-refractivity contribution in [2.24, 2.45) is 5.92 Å². The largest absolute Gasteiger partial charge is 0.355 e. The van der Waals surface area contributed by atoms with Gasteiger partial charge in [-0.05, 0) is 39.5 Å². The van der Waals surface area contributed by atoms with Crippen molar-refractivity contribution in [3.8, 4) is 0 Å². The van der Waals surface area contributed by atoms with Gasteiger partial charge in [-0.2, -0.15) is 0 Å². The first kappa shape index (κ1) is 14.9. The first-order chi connectivity index (χ1) is 9.94. The number of imidazole rings is 1. The van der Waals surface area contributed by atoms with Crippen LogP contribution in [0, 0.1) is 5.92 Å². The van der Waals surface area contributed by atoms with Gasteiger partial charge in [0.15, 0.2) is 10.8 Å². The molecule has 3 rings (SSSR count). The number of nitrogens with one attached hydrogen (secondary N) is 1. The van der Waals surface area contributed by atoms with Crippen molar-refractivity contribution in [3.63, 3.8) is 0 Å². The molecule has 1 saturated heterocycles. The van der Waals surface area contributed by atoms with E-state index in [1.165, 1.54) is 24.4 Å². The molecule has 1 aliphatic rings. The zero-order valence-electron chi connectivity index (χ0n) is 13.5. The maximum atomic E-state index is 4.90. The standard InChI is InChI=1S/C16H26N4S/c1-12-6-5-7-19(11-12)14-13(10-17-16(2,3)4)20-8-9-21-15(20)18-14/h8-9,12,17H,5-7,10-11H2,1-4H3. The molecule has 1 atom stereocenters. The predicted octanol–water partition coefficient (Wildman–Crippen LogP) is 3.52. The van der Waals surface area contributed by atoms with Crippen LogP contribution in [0.15, 0.2) is 11.6 Å². The van der Waals surface area contributed by atoms with E-state index < -0.39 is 0 Å². The van der Waals surface area contributed by atoms with Gasteiger partial charge < -0.3 is 10.2 Å². The summed E-state index contributed by atoms with van der Waals surface area (Å²) < 4.78 is 2.25. The summed E-state index contributed by atoms with van der Waals surface area (Å²) in [6.07, 6.45) is 4.76. The second-order valence-corrected chi connectivity index (χ2v) is 8.11. The molecule has 2 aromatic heterocycles. The minimum Gasteiger partial charge on any atom is -0.355 e. The number of hydrogen-bond donors (Lipinski definition) is 1. The Labute approximate surface area is 131 Å². The van der Waals surface area contributed by atoms with E-state index in [-0.39, 0.29) is 5.54 Å². The van der Waals surface area contributed by atoms with Crippen LogP contribution in [0.4, 0.5) is 5.82 Å². The quantitative estimate of drug-likeness (QED) is 0.942. The second-order valence-electron chi connectivity index (χ2n) is 7.23. The molecule has 4 nitrogen and oxygen atoms in total. The van der Waals surface area contributed by atoms with Gasteiger partial charge in [-0.3, -0.25) is 4.40 Å². The average molecular weight is 306 g/mol. The third-order valence-corrected chi connectivity index (χ3v) is 4.84. The number of rotatable bonds is 3. The highest BCUT2D eigenvalue weighted by Gasteiger charge is 2.24. The zero-order valence-corrected chi connectivity index (χ0v) is 14.3. The van der Waals surface area contributed by atoms with E-state index in [1.807, 2.05) is 0 Å². The SMILES string of the molecule is CC1CCCN(c2nc3sccn3c2CNC(C)(C)C)C1. The van der Waals surface area contributed by atoms with E-state index >= 15 is 0 Å². The maximum Gasteiger partial charge on any atom is 0.195 e. The third kappa shape index (κ3) is 3.24. The fourth-order valence-corrected chi connectivity index (χ4v) is 3.70. The number of thiazole rings is 1. The number of anilines is 1. The van der Waals surface area contributed by atoms with Crippen LogP contribution in [0.2, 0.25) is 0 Å². The highest BCUT2D eigenvalue weighted by molar-refractivity contribution is 7.15. The summed E-state index contributed by atoms with van der Waals surface area (Å²) in [5.74, 6) is 1.95. The molecule has 21 heavy (non-hydrogen) atoms. The van der Waals surface area contributed by atoms with E-state index in [0.717, 1.165) is 30.5 Å². The summed E-state index contributed by atoms with van der Waals surface area (Å²) >= 11 is 1.72. The van der Waals surface area contributed by atoms with Crippen LogP contribution < -0.4 is 10.2 Å². The highest BCUT2D eigenvalue weighted by Crippen LogP contribution is 2.28. The van der Waals surface area contributed by atoms with Gasteiger partial charge >= 0.3 is 0 Å². The van der Waals surface area contributed by atoms with E-state index in [4.69, 9.17) is 4.98 Å². The Hall–Kier alpha value is -1.07. The van der Waals surface area contributed by atoms with Gasteiger partial charge in [-0.25, -0.2) is 4.98 Å². The normalized spacial score (nSPS) is 20.4. The Morgan fingerprint density at radius 1 is 1.43 bits per heavy atom. The van der Waals surface area contributed by atoms with E-state index in [9.17, 15) is 0 Å². The molecule has 0 saturated carbocycles. The highest BCUT2D eigenvalue weighted by atomic mass is 32.1. The lowest BCUT2D eigenvalue weighted by Gasteiger charge is -2.32. The van der Waals surface area contributed by atoms with Gasteiger partial charge in [-0.15, -0.1) is 11.3 Å². The van der Waals surface area contributed by atoms with Crippen LogP contribution in [0.1, 0.15) is 46.2 Å². The van der Waals surface area contributed by atoms with Crippen molar-refractivity contribution in [1.29, 1.82) is 0 Å². The summed E-state index contributed by atoms with van der Waals surface area (Å²) in [6, 6.07) is 0. The monoisotopic (exact) mass is 306 g/mol. The summed E-state index contributed by atoms with van der Waals surface area (Å²) in [5.41, 5.74) is 1.42. The van der Waals surface area contributed by atoms with E-state index in [1.54, 1.807) is 11.3 Å². The van der Waals surface area contributed by atoms with E-state index in [0.29, 0.717) is 0 Å². The van der Waals surface area contributed by atoms with Gasteiger partial charge in [0.25, 0.3) is 0 Å². The van der Waals surface area contributed by atoms with Crippen molar-refractivity contribution >= 4 is 22.1 Å². The molecule has 1 aliphatic heterocycles. The van der Waals surface area contributed by atoms with Gasteiger partial charge in [-0.1, -0.05) is 6.92 Å². The number of aromatic nitrogens is 2. The molecule has 1 N–H and O–H groups in total. The number of nitrogens with zero attached hydrogens (tertiary/aromatic N) is 3. The molecule has 116 valence electrons. The molecule has 3 heterocycles. The first-order valence-corrected chi connectivity index (χ1v) is 8.76. The van der Waals surface area contributed by atoms with Crippen LogP contribution >= 0.6 is 11.3 Å². The topological polar surface area (TPSA) is 32.6 Å². The maximum absolute atomic E-state index is 4.90. The molecule has 0 amide bonds.